The van der Waals surface area contributed by atoms with Gasteiger partial charge in [0.1, 0.15) is 0 Å². The van der Waals surface area contributed by atoms with Gasteiger partial charge in [-0.2, -0.15) is 0 Å². The molecule has 3 heteroatoms. The molecule has 3 atom stereocenters. The third kappa shape index (κ3) is 4.04. The van der Waals surface area contributed by atoms with Crippen molar-refractivity contribution in [3.05, 3.63) is 0 Å². The lowest BCUT2D eigenvalue weighted by Crippen LogP contribution is -2.38. The van der Waals surface area contributed by atoms with E-state index in [1.165, 1.54) is 0 Å². The molecule has 4 N–H and O–H groups in total. The van der Waals surface area contributed by atoms with Crippen molar-refractivity contribution in [2.24, 2.45) is 11.7 Å². The molecule has 0 spiro atoms. The quantitative estimate of drug-likeness (QED) is 0.570. The van der Waals surface area contributed by atoms with Crippen LogP contribution in [0.5, 0.6) is 0 Å². The Kier molecular flexibility index (Phi) is 5.46. The van der Waals surface area contributed by atoms with Crippen LogP contribution >= 0.6 is 0 Å². The molecule has 0 saturated carbocycles. The van der Waals surface area contributed by atoms with E-state index in [1.54, 1.807) is 0 Å². The molecule has 0 aliphatic rings. The zero-order valence-corrected chi connectivity index (χ0v) is 8.20. The first kappa shape index (κ1) is 11.9. The molecule has 0 aromatic rings. The largest absolute Gasteiger partial charge is 0.393 e. The van der Waals surface area contributed by atoms with Gasteiger partial charge >= 0.3 is 0 Å². The summed E-state index contributed by atoms with van der Waals surface area (Å²) in [5.41, 5.74) is 5.66. The molecule has 0 bridgehead atoms. The molecule has 0 heterocycles. The van der Waals surface area contributed by atoms with Crippen molar-refractivity contribution in [1.82, 2.24) is 0 Å². The lowest BCUT2D eigenvalue weighted by molar-refractivity contribution is 0.0698. The maximum Gasteiger partial charge on any atom is 0.0689 e. The minimum absolute atomic E-state index is 0.208. The first-order valence-corrected chi connectivity index (χ1v) is 4.60. The summed E-state index contributed by atoms with van der Waals surface area (Å²) in [7, 11) is 0. The van der Waals surface area contributed by atoms with Crippen molar-refractivity contribution in [1.29, 1.82) is 0 Å². The monoisotopic (exact) mass is 175 g/mol. The highest BCUT2D eigenvalue weighted by atomic mass is 16.3. The summed E-state index contributed by atoms with van der Waals surface area (Å²) in [4.78, 5) is 0. The van der Waals surface area contributed by atoms with Crippen molar-refractivity contribution in [2.45, 2.75) is 51.9 Å². The molecule has 0 amide bonds. The van der Waals surface area contributed by atoms with Crippen LogP contribution in [0.3, 0.4) is 0 Å². The second-order valence-electron chi connectivity index (χ2n) is 3.69. The lowest BCUT2D eigenvalue weighted by Gasteiger charge is -2.22. The summed E-state index contributed by atoms with van der Waals surface area (Å²) in [6.07, 6.45) is 0.234. The maximum absolute atomic E-state index is 9.45. The summed E-state index contributed by atoms with van der Waals surface area (Å²) < 4.78 is 0. The lowest BCUT2D eigenvalue weighted by atomic mass is 9.96. The van der Waals surface area contributed by atoms with E-state index in [-0.39, 0.29) is 12.0 Å². The van der Waals surface area contributed by atoms with E-state index in [9.17, 15) is 10.2 Å². The van der Waals surface area contributed by atoms with Crippen molar-refractivity contribution >= 4 is 0 Å². The number of nitrogens with two attached hydrogens (primary N) is 1. The van der Waals surface area contributed by atoms with E-state index in [1.807, 2.05) is 20.8 Å². The predicted molar refractivity (Wildman–Crippen MR) is 49.7 cm³/mol. The van der Waals surface area contributed by atoms with E-state index < -0.39 is 12.2 Å². The van der Waals surface area contributed by atoms with Crippen LogP contribution in [-0.4, -0.2) is 28.5 Å². The van der Waals surface area contributed by atoms with Gasteiger partial charge in [0.15, 0.2) is 0 Å². The van der Waals surface area contributed by atoms with E-state index in [4.69, 9.17) is 5.73 Å². The highest BCUT2D eigenvalue weighted by molar-refractivity contribution is 4.75. The average molecular weight is 175 g/mol. The molecule has 0 rings (SSSR count). The van der Waals surface area contributed by atoms with Crippen LogP contribution in [0, 0.1) is 5.92 Å². The first-order chi connectivity index (χ1) is 5.49. The van der Waals surface area contributed by atoms with Crippen molar-refractivity contribution in [3.63, 3.8) is 0 Å². The maximum atomic E-state index is 9.45. The molecule has 0 aliphatic heterocycles. The number of aliphatic hydroxyl groups excluding tert-OH is 2. The molecular weight excluding hydrogens is 154 g/mol. The topological polar surface area (TPSA) is 66.5 Å². The van der Waals surface area contributed by atoms with Gasteiger partial charge in [-0.3, -0.25) is 0 Å². The van der Waals surface area contributed by atoms with Crippen LogP contribution < -0.4 is 5.73 Å². The first-order valence-electron chi connectivity index (χ1n) is 4.60. The Balaban J connectivity index is 3.75. The smallest absolute Gasteiger partial charge is 0.0689 e. The molecule has 0 aliphatic carbocycles. The molecule has 0 aromatic carbocycles. The highest BCUT2D eigenvalue weighted by Crippen LogP contribution is 2.10. The van der Waals surface area contributed by atoms with Crippen molar-refractivity contribution in [2.75, 3.05) is 0 Å². The summed E-state index contributed by atoms with van der Waals surface area (Å²) in [6, 6.07) is -0.299. The summed E-state index contributed by atoms with van der Waals surface area (Å²) in [5, 5.41) is 18.8. The molecular formula is C9H21NO2. The second kappa shape index (κ2) is 5.51. The van der Waals surface area contributed by atoms with Crippen molar-refractivity contribution in [3.8, 4) is 0 Å². The fraction of sp³-hybridized carbons (Fsp3) is 1.00. The van der Waals surface area contributed by atoms with Gasteiger partial charge < -0.3 is 15.9 Å². The zero-order valence-electron chi connectivity index (χ0n) is 8.20. The normalized spacial score (nSPS) is 19.2. The number of rotatable bonds is 5. The van der Waals surface area contributed by atoms with Gasteiger partial charge in [-0.05, 0) is 18.8 Å². The Hall–Kier alpha value is -0.120. The van der Waals surface area contributed by atoms with Crippen molar-refractivity contribution < 1.29 is 10.2 Å². The zero-order chi connectivity index (χ0) is 9.72. The van der Waals surface area contributed by atoms with Gasteiger partial charge in [0.05, 0.1) is 12.2 Å². The van der Waals surface area contributed by atoms with Crippen LogP contribution in [0.2, 0.25) is 0 Å². The molecule has 0 aromatic heterocycles. The van der Waals surface area contributed by atoms with E-state index >= 15 is 0 Å². The highest BCUT2D eigenvalue weighted by Gasteiger charge is 2.18. The Labute approximate surface area is 74.6 Å². The number of hydrogen-bond acceptors (Lipinski definition) is 3. The number of hydrogen-bond donors (Lipinski definition) is 3. The molecule has 3 nitrogen and oxygen atoms in total. The van der Waals surface area contributed by atoms with E-state index in [0.29, 0.717) is 12.8 Å². The van der Waals surface area contributed by atoms with E-state index in [0.717, 1.165) is 0 Å². The Morgan fingerprint density at radius 2 is 1.67 bits per heavy atom. The average Bonchev–Trinajstić information content (AvgIpc) is 2.02. The predicted octanol–water partition coefficient (Wildman–Crippen LogP) is 0.492. The second-order valence-corrected chi connectivity index (χ2v) is 3.69. The molecule has 0 saturated heterocycles. The van der Waals surface area contributed by atoms with Crippen LogP contribution in [-0.2, 0) is 0 Å². The molecule has 0 radical (unpaired) electrons. The van der Waals surface area contributed by atoms with Gasteiger partial charge in [0.2, 0.25) is 0 Å². The fourth-order valence-corrected chi connectivity index (χ4v) is 1.01. The van der Waals surface area contributed by atoms with Gasteiger partial charge in [-0.25, -0.2) is 0 Å². The van der Waals surface area contributed by atoms with Crippen LogP contribution in [0.4, 0.5) is 0 Å². The van der Waals surface area contributed by atoms with Gasteiger partial charge in [0, 0.05) is 6.04 Å². The number of aliphatic hydroxyl groups is 2. The van der Waals surface area contributed by atoms with Crippen LogP contribution in [0.15, 0.2) is 0 Å². The SMILES string of the molecule is CC[C@H](O)[C@@H](N)C[C@@H](O)C(C)C. The fourth-order valence-electron chi connectivity index (χ4n) is 1.01. The van der Waals surface area contributed by atoms with Gasteiger partial charge in [-0.15, -0.1) is 0 Å². The minimum atomic E-state index is -0.488. The van der Waals surface area contributed by atoms with Crippen LogP contribution in [0.1, 0.15) is 33.6 Å². The third-order valence-corrected chi connectivity index (χ3v) is 2.20. The van der Waals surface area contributed by atoms with Gasteiger partial charge in [0.25, 0.3) is 0 Å². The Bertz CT molecular complexity index is 117. The molecule has 0 unspecified atom stereocenters. The minimum Gasteiger partial charge on any atom is -0.393 e. The molecule has 0 fully saturated rings. The Morgan fingerprint density at radius 1 is 1.17 bits per heavy atom. The van der Waals surface area contributed by atoms with E-state index in [2.05, 4.69) is 0 Å². The standard InChI is InChI=1S/C9H21NO2/c1-4-8(11)7(10)5-9(12)6(2)3/h6-9,11-12H,4-5,10H2,1-3H3/t7-,8-,9+/m0/s1. The third-order valence-electron chi connectivity index (χ3n) is 2.20. The molecule has 12 heavy (non-hydrogen) atoms. The van der Waals surface area contributed by atoms with Gasteiger partial charge in [-0.1, -0.05) is 20.8 Å². The summed E-state index contributed by atoms with van der Waals surface area (Å²) in [5.74, 6) is 0.208. The summed E-state index contributed by atoms with van der Waals surface area (Å²) in [6.45, 7) is 5.76. The van der Waals surface area contributed by atoms with Crippen LogP contribution in [0.25, 0.3) is 0 Å². The Morgan fingerprint density at radius 3 is 2.00 bits per heavy atom. The summed E-state index contributed by atoms with van der Waals surface area (Å²) >= 11 is 0. The molecule has 74 valence electrons.